The minimum absolute atomic E-state index is 0.122. The van der Waals surface area contributed by atoms with E-state index in [0.717, 1.165) is 19.3 Å². The first-order chi connectivity index (χ1) is 16.3. The fourth-order valence-electron chi connectivity index (χ4n) is 4.03. The lowest BCUT2D eigenvalue weighted by Gasteiger charge is -2.26. The molecule has 0 spiro atoms. The summed E-state index contributed by atoms with van der Waals surface area (Å²) in [5.41, 5.74) is 2.57. The first kappa shape index (κ1) is 23.8. The lowest BCUT2D eigenvalue weighted by molar-refractivity contribution is 0.102. The van der Waals surface area contributed by atoms with Crippen molar-refractivity contribution < 1.29 is 13.2 Å². The van der Waals surface area contributed by atoms with E-state index in [1.165, 1.54) is 16.4 Å². The van der Waals surface area contributed by atoms with Crippen molar-refractivity contribution in [3.63, 3.8) is 0 Å². The van der Waals surface area contributed by atoms with Gasteiger partial charge in [0.25, 0.3) is 11.5 Å². The third-order valence-corrected chi connectivity index (χ3v) is 7.85. The third-order valence-electron chi connectivity index (χ3n) is 5.96. The first-order valence-electron chi connectivity index (χ1n) is 11.4. The van der Waals surface area contributed by atoms with Gasteiger partial charge in [0.1, 0.15) is 5.82 Å². The molecule has 0 atom stereocenters. The number of hydrogen-bond acceptors (Lipinski definition) is 5. The largest absolute Gasteiger partial charge is 0.322 e. The second-order valence-electron chi connectivity index (χ2n) is 8.42. The highest BCUT2D eigenvalue weighted by Gasteiger charge is 2.27. The van der Waals surface area contributed by atoms with E-state index in [-0.39, 0.29) is 10.5 Å². The average molecular weight is 481 g/mol. The SMILES string of the molecule is CCc1cc(=O)[nH]c(-c2cccc(NC(=O)c3cc(S(=O)(=O)N4CCCCC4)ccc3C)c2)n1. The van der Waals surface area contributed by atoms with Crippen molar-refractivity contribution in [2.75, 3.05) is 18.4 Å². The summed E-state index contributed by atoms with van der Waals surface area (Å²) in [4.78, 5) is 32.3. The van der Waals surface area contributed by atoms with E-state index in [4.69, 9.17) is 0 Å². The lowest BCUT2D eigenvalue weighted by Crippen LogP contribution is -2.35. The van der Waals surface area contributed by atoms with Gasteiger partial charge in [-0.1, -0.05) is 31.5 Å². The topological polar surface area (TPSA) is 112 Å². The number of nitrogens with one attached hydrogen (secondary N) is 2. The van der Waals surface area contributed by atoms with Crippen LogP contribution in [0.4, 0.5) is 5.69 Å². The molecule has 2 N–H and O–H groups in total. The molecule has 1 saturated heterocycles. The molecular formula is C25H28N4O4S. The summed E-state index contributed by atoms with van der Waals surface area (Å²) in [5.74, 6) is 0.0142. The zero-order valence-electron chi connectivity index (χ0n) is 19.3. The van der Waals surface area contributed by atoms with Gasteiger partial charge in [-0.3, -0.25) is 9.59 Å². The average Bonchev–Trinajstić information content (AvgIpc) is 2.84. The Morgan fingerprint density at radius 3 is 2.59 bits per heavy atom. The van der Waals surface area contributed by atoms with Gasteiger partial charge in [-0.05, 0) is 56.0 Å². The van der Waals surface area contributed by atoms with Crippen molar-refractivity contribution >= 4 is 21.6 Å². The summed E-state index contributed by atoms with van der Waals surface area (Å²) in [5, 5.41) is 2.84. The van der Waals surface area contributed by atoms with Crippen molar-refractivity contribution in [2.45, 2.75) is 44.4 Å². The quantitative estimate of drug-likeness (QED) is 0.558. The number of aryl methyl sites for hydroxylation is 2. The summed E-state index contributed by atoms with van der Waals surface area (Å²) in [6, 6.07) is 13.1. The Kier molecular flexibility index (Phi) is 6.95. The Bertz CT molecular complexity index is 1380. The van der Waals surface area contributed by atoms with Gasteiger partial charge in [0.2, 0.25) is 10.0 Å². The molecular weight excluding hydrogens is 452 g/mol. The smallest absolute Gasteiger partial charge is 0.255 e. The van der Waals surface area contributed by atoms with E-state index in [2.05, 4.69) is 15.3 Å². The van der Waals surface area contributed by atoms with Crippen molar-refractivity contribution in [3.8, 4) is 11.4 Å². The van der Waals surface area contributed by atoms with Crippen LogP contribution in [0, 0.1) is 6.92 Å². The normalized spacial score (nSPS) is 14.6. The van der Waals surface area contributed by atoms with Crippen LogP contribution in [0.5, 0.6) is 0 Å². The Balaban J connectivity index is 1.60. The summed E-state index contributed by atoms with van der Waals surface area (Å²) >= 11 is 0. The Morgan fingerprint density at radius 1 is 1.09 bits per heavy atom. The van der Waals surface area contributed by atoms with E-state index >= 15 is 0 Å². The van der Waals surface area contributed by atoms with Gasteiger partial charge in [0.15, 0.2) is 0 Å². The van der Waals surface area contributed by atoms with E-state index < -0.39 is 15.9 Å². The predicted molar refractivity (Wildman–Crippen MR) is 131 cm³/mol. The van der Waals surface area contributed by atoms with Crippen LogP contribution in [-0.4, -0.2) is 41.7 Å². The maximum atomic E-state index is 13.1. The van der Waals surface area contributed by atoms with Crippen LogP contribution >= 0.6 is 0 Å². The summed E-state index contributed by atoms with van der Waals surface area (Å²) in [6.45, 7) is 4.69. The number of benzene rings is 2. The summed E-state index contributed by atoms with van der Waals surface area (Å²) < 4.78 is 27.6. The number of rotatable bonds is 6. The molecule has 0 saturated carbocycles. The Labute approximate surface area is 199 Å². The molecule has 1 aliphatic heterocycles. The first-order valence-corrected chi connectivity index (χ1v) is 12.8. The number of carbonyl (C=O) groups excluding carboxylic acids is 1. The van der Waals surface area contributed by atoms with E-state index in [1.54, 1.807) is 43.3 Å². The number of anilines is 1. The van der Waals surface area contributed by atoms with Crippen molar-refractivity contribution in [1.82, 2.24) is 14.3 Å². The van der Waals surface area contributed by atoms with E-state index in [1.807, 2.05) is 6.92 Å². The van der Waals surface area contributed by atoms with E-state index in [0.29, 0.717) is 53.4 Å². The molecule has 4 rings (SSSR count). The molecule has 2 aromatic carbocycles. The highest BCUT2D eigenvalue weighted by atomic mass is 32.2. The van der Waals surface area contributed by atoms with Crippen molar-refractivity contribution in [3.05, 3.63) is 75.7 Å². The van der Waals surface area contributed by atoms with Gasteiger partial charge in [-0.2, -0.15) is 4.31 Å². The molecule has 1 aliphatic rings. The Hall–Kier alpha value is -3.30. The molecule has 8 nitrogen and oxygen atoms in total. The summed E-state index contributed by atoms with van der Waals surface area (Å²) in [6.07, 6.45) is 3.34. The van der Waals surface area contributed by atoms with Gasteiger partial charge in [0, 0.05) is 41.7 Å². The van der Waals surface area contributed by atoms with Crippen LogP contribution in [0.2, 0.25) is 0 Å². The van der Waals surface area contributed by atoms with Crippen LogP contribution in [-0.2, 0) is 16.4 Å². The molecule has 178 valence electrons. The van der Waals surface area contributed by atoms with Crippen molar-refractivity contribution in [1.29, 1.82) is 0 Å². The molecule has 3 aromatic rings. The maximum Gasteiger partial charge on any atom is 0.255 e. The maximum absolute atomic E-state index is 13.1. The number of amides is 1. The highest BCUT2D eigenvalue weighted by molar-refractivity contribution is 7.89. The second kappa shape index (κ2) is 9.90. The zero-order chi connectivity index (χ0) is 24.3. The lowest BCUT2D eigenvalue weighted by atomic mass is 10.1. The molecule has 1 aromatic heterocycles. The number of carbonyl (C=O) groups is 1. The number of nitrogens with zero attached hydrogens (tertiary/aromatic N) is 2. The second-order valence-corrected chi connectivity index (χ2v) is 10.4. The fraction of sp³-hybridized carbons (Fsp3) is 0.320. The number of aromatic amines is 1. The molecule has 0 bridgehead atoms. The number of hydrogen-bond donors (Lipinski definition) is 2. The molecule has 9 heteroatoms. The van der Waals surface area contributed by atoms with Crippen LogP contribution in [0.1, 0.15) is 47.8 Å². The monoisotopic (exact) mass is 480 g/mol. The molecule has 34 heavy (non-hydrogen) atoms. The third kappa shape index (κ3) is 5.10. The van der Waals surface area contributed by atoms with Crippen LogP contribution in [0.15, 0.2) is 58.2 Å². The van der Waals surface area contributed by atoms with Gasteiger partial charge in [0.05, 0.1) is 4.90 Å². The summed E-state index contributed by atoms with van der Waals surface area (Å²) in [7, 11) is -3.65. The molecule has 1 amide bonds. The molecule has 0 aliphatic carbocycles. The molecule has 2 heterocycles. The van der Waals surface area contributed by atoms with Gasteiger partial charge >= 0.3 is 0 Å². The zero-order valence-corrected chi connectivity index (χ0v) is 20.1. The Morgan fingerprint density at radius 2 is 1.85 bits per heavy atom. The fourth-order valence-corrected chi connectivity index (χ4v) is 5.57. The van der Waals surface area contributed by atoms with Gasteiger partial charge in [-0.25, -0.2) is 13.4 Å². The number of aromatic nitrogens is 2. The van der Waals surface area contributed by atoms with Crippen LogP contribution < -0.4 is 10.9 Å². The number of H-pyrrole nitrogens is 1. The van der Waals surface area contributed by atoms with E-state index in [9.17, 15) is 18.0 Å². The van der Waals surface area contributed by atoms with Crippen LogP contribution in [0.3, 0.4) is 0 Å². The standard InChI is InChI=1S/C25H28N4O4S/c1-3-19-15-23(30)28-24(26-19)18-8-7-9-20(14-18)27-25(31)22-16-21(11-10-17(22)2)34(32,33)29-12-5-4-6-13-29/h7-11,14-16H,3-6,12-13H2,1-2H3,(H,27,31)(H,26,28,30). The highest BCUT2D eigenvalue weighted by Crippen LogP contribution is 2.24. The molecule has 0 unspecified atom stereocenters. The number of sulfonamides is 1. The predicted octanol–water partition coefficient (Wildman–Crippen LogP) is 3.73. The van der Waals surface area contributed by atoms with Crippen LogP contribution in [0.25, 0.3) is 11.4 Å². The van der Waals surface area contributed by atoms with Gasteiger partial charge in [-0.15, -0.1) is 0 Å². The minimum atomic E-state index is -3.65. The number of piperidine rings is 1. The van der Waals surface area contributed by atoms with Gasteiger partial charge < -0.3 is 10.3 Å². The molecule has 0 radical (unpaired) electrons. The molecule has 1 fully saturated rings. The van der Waals surface area contributed by atoms with Crippen molar-refractivity contribution in [2.24, 2.45) is 0 Å². The minimum Gasteiger partial charge on any atom is -0.322 e.